The summed E-state index contributed by atoms with van der Waals surface area (Å²) in [6.45, 7) is 9.76. The molecule has 0 bridgehead atoms. The molecule has 2 aromatic rings. The average molecular weight is 388 g/mol. The minimum absolute atomic E-state index is 0.0458. The number of piperidine rings is 1. The predicted octanol–water partition coefficient (Wildman–Crippen LogP) is 3.46. The van der Waals surface area contributed by atoms with Crippen LogP contribution in [0.3, 0.4) is 0 Å². The monoisotopic (exact) mass is 387 g/mol. The molecule has 1 fully saturated rings. The van der Waals surface area contributed by atoms with Crippen molar-refractivity contribution in [1.82, 2.24) is 20.5 Å². The molecular weight excluding hydrogens is 354 g/mol. The van der Waals surface area contributed by atoms with Crippen molar-refractivity contribution >= 4 is 5.96 Å². The van der Waals surface area contributed by atoms with Crippen LogP contribution < -0.4 is 10.6 Å². The van der Waals surface area contributed by atoms with E-state index in [2.05, 4.69) is 52.3 Å². The van der Waals surface area contributed by atoms with E-state index in [0.29, 0.717) is 12.4 Å². The Kier molecular flexibility index (Phi) is 6.78. The van der Waals surface area contributed by atoms with Gasteiger partial charge in [-0.3, -0.25) is 9.89 Å². The quantitative estimate of drug-likeness (QED) is 0.584. The molecule has 1 aliphatic heterocycles. The van der Waals surface area contributed by atoms with Gasteiger partial charge < -0.3 is 19.5 Å². The van der Waals surface area contributed by atoms with Crippen LogP contribution in [-0.4, -0.2) is 42.5 Å². The van der Waals surface area contributed by atoms with Gasteiger partial charge in [-0.05, 0) is 38.1 Å². The summed E-state index contributed by atoms with van der Waals surface area (Å²) in [5.74, 6) is 3.26. The summed E-state index contributed by atoms with van der Waals surface area (Å²) in [7, 11) is 1.77. The van der Waals surface area contributed by atoms with Crippen molar-refractivity contribution in [2.24, 2.45) is 4.99 Å². The molecule has 2 aromatic heterocycles. The van der Waals surface area contributed by atoms with Gasteiger partial charge in [-0.25, -0.2) is 4.98 Å². The van der Waals surface area contributed by atoms with Crippen molar-refractivity contribution in [3.8, 4) is 0 Å². The minimum atomic E-state index is -0.0458. The standard InChI is InChI=1S/C21H33N5O2/c1-21(2,3)18-14-23-19(28-18)15-25-20(22-4)24-13-16(17-9-8-12-27-17)26-10-6-5-7-11-26/h8-9,12,14,16H,5-7,10-11,13,15H2,1-4H3,(H2,22,24,25). The zero-order valence-electron chi connectivity index (χ0n) is 17.5. The highest BCUT2D eigenvalue weighted by molar-refractivity contribution is 5.79. The van der Waals surface area contributed by atoms with Crippen molar-refractivity contribution in [3.63, 3.8) is 0 Å². The highest BCUT2D eigenvalue weighted by Crippen LogP contribution is 2.25. The number of hydrogen-bond donors (Lipinski definition) is 2. The Balaban J connectivity index is 1.56. The SMILES string of the molecule is CN=C(NCc1ncc(C(C)(C)C)o1)NCC(c1ccco1)N1CCCCC1. The third-order valence-corrected chi connectivity index (χ3v) is 5.09. The van der Waals surface area contributed by atoms with Crippen LogP contribution in [-0.2, 0) is 12.0 Å². The van der Waals surface area contributed by atoms with Gasteiger partial charge in [-0.15, -0.1) is 0 Å². The summed E-state index contributed by atoms with van der Waals surface area (Å²) >= 11 is 0. The van der Waals surface area contributed by atoms with Crippen LogP contribution in [0, 0.1) is 0 Å². The number of aliphatic imine (C=N–C) groups is 1. The molecule has 1 unspecified atom stereocenters. The van der Waals surface area contributed by atoms with E-state index >= 15 is 0 Å². The Morgan fingerprint density at radius 2 is 2.04 bits per heavy atom. The number of guanidine groups is 1. The molecule has 0 radical (unpaired) electrons. The number of oxazole rings is 1. The maximum Gasteiger partial charge on any atom is 0.213 e. The van der Waals surface area contributed by atoms with E-state index in [0.717, 1.165) is 37.1 Å². The summed E-state index contributed by atoms with van der Waals surface area (Å²) in [5, 5.41) is 6.72. The molecule has 2 N–H and O–H groups in total. The molecule has 3 rings (SSSR count). The lowest BCUT2D eigenvalue weighted by atomic mass is 9.94. The molecule has 0 amide bonds. The molecule has 7 heteroatoms. The molecule has 0 aromatic carbocycles. The maximum absolute atomic E-state index is 5.84. The highest BCUT2D eigenvalue weighted by atomic mass is 16.4. The fourth-order valence-electron chi connectivity index (χ4n) is 3.43. The van der Waals surface area contributed by atoms with E-state index in [1.54, 1.807) is 19.5 Å². The van der Waals surface area contributed by atoms with Crippen molar-refractivity contribution < 1.29 is 8.83 Å². The van der Waals surface area contributed by atoms with Crippen molar-refractivity contribution in [2.45, 2.75) is 58.0 Å². The molecule has 1 atom stereocenters. The van der Waals surface area contributed by atoms with Gasteiger partial charge >= 0.3 is 0 Å². The van der Waals surface area contributed by atoms with Crippen molar-refractivity contribution in [2.75, 3.05) is 26.7 Å². The van der Waals surface area contributed by atoms with Gasteiger partial charge in [0, 0.05) is 19.0 Å². The first-order chi connectivity index (χ1) is 13.5. The van der Waals surface area contributed by atoms with Gasteiger partial charge in [0.15, 0.2) is 5.96 Å². The lowest BCUT2D eigenvalue weighted by Crippen LogP contribution is -2.44. The number of nitrogens with one attached hydrogen (secondary N) is 2. The Hall–Kier alpha value is -2.28. The summed E-state index contributed by atoms with van der Waals surface area (Å²) in [6.07, 6.45) is 7.34. The van der Waals surface area contributed by atoms with Crippen molar-refractivity contribution in [1.29, 1.82) is 0 Å². The van der Waals surface area contributed by atoms with Gasteiger partial charge in [0.1, 0.15) is 11.5 Å². The van der Waals surface area contributed by atoms with Crippen LogP contribution in [0.1, 0.15) is 63.5 Å². The first kappa shape index (κ1) is 20.5. The van der Waals surface area contributed by atoms with E-state index in [-0.39, 0.29) is 11.5 Å². The fraction of sp³-hybridized carbons (Fsp3) is 0.619. The Morgan fingerprint density at radius 1 is 1.25 bits per heavy atom. The molecule has 154 valence electrons. The van der Waals surface area contributed by atoms with Gasteiger partial charge in [-0.1, -0.05) is 27.2 Å². The largest absolute Gasteiger partial charge is 0.468 e. The number of nitrogens with zero attached hydrogens (tertiary/aromatic N) is 3. The van der Waals surface area contributed by atoms with Crippen LogP contribution in [0.15, 0.2) is 38.4 Å². The molecule has 3 heterocycles. The topological polar surface area (TPSA) is 78.8 Å². The minimum Gasteiger partial charge on any atom is -0.468 e. The van der Waals surface area contributed by atoms with E-state index in [1.165, 1.54) is 19.3 Å². The van der Waals surface area contributed by atoms with E-state index in [4.69, 9.17) is 8.83 Å². The van der Waals surface area contributed by atoms with Crippen LogP contribution in [0.5, 0.6) is 0 Å². The second-order valence-electron chi connectivity index (χ2n) is 8.30. The lowest BCUT2D eigenvalue weighted by Gasteiger charge is -2.33. The average Bonchev–Trinajstić information content (AvgIpc) is 3.37. The zero-order valence-corrected chi connectivity index (χ0v) is 17.5. The fourth-order valence-corrected chi connectivity index (χ4v) is 3.43. The predicted molar refractivity (Wildman–Crippen MR) is 110 cm³/mol. The first-order valence-corrected chi connectivity index (χ1v) is 10.1. The van der Waals surface area contributed by atoms with Crippen molar-refractivity contribution in [3.05, 3.63) is 42.0 Å². The summed E-state index contributed by atoms with van der Waals surface area (Å²) in [6, 6.07) is 4.20. The Bertz CT molecular complexity index is 739. The van der Waals surface area contributed by atoms with E-state index in [9.17, 15) is 0 Å². The van der Waals surface area contributed by atoms with Gasteiger partial charge in [0.2, 0.25) is 5.89 Å². The second-order valence-corrected chi connectivity index (χ2v) is 8.30. The summed E-state index contributed by atoms with van der Waals surface area (Å²) in [5.41, 5.74) is -0.0458. The first-order valence-electron chi connectivity index (χ1n) is 10.1. The zero-order chi connectivity index (χ0) is 20.0. The van der Waals surface area contributed by atoms with E-state index in [1.807, 2.05) is 6.07 Å². The van der Waals surface area contributed by atoms with Gasteiger partial charge in [0.25, 0.3) is 0 Å². The Labute approximate surface area is 167 Å². The highest BCUT2D eigenvalue weighted by Gasteiger charge is 2.24. The van der Waals surface area contributed by atoms with E-state index < -0.39 is 0 Å². The summed E-state index contributed by atoms with van der Waals surface area (Å²) in [4.78, 5) is 11.2. The number of hydrogen-bond acceptors (Lipinski definition) is 5. The molecule has 0 aliphatic carbocycles. The van der Waals surface area contributed by atoms with Crippen LogP contribution in [0.25, 0.3) is 0 Å². The molecule has 0 spiro atoms. The smallest absolute Gasteiger partial charge is 0.213 e. The normalized spacial score (nSPS) is 17.5. The maximum atomic E-state index is 5.84. The lowest BCUT2D eigenvalue weighted by molar-refractivity contribution is 0.146. The third kappa shape index (κ3) is 5.38. The number of likely N-dealkylation sites (tertiary alicyclic amines) is 1. The Morgan fingerprint density at radius 3 is 2.64 bits per heavy atom. The molecule has 1 aliphatic rings. The molecule has 7 nitrogen and oxygen atoms in total. The van der Waals surface area contributed by atoms with Crippen LogP contribution in [0.4, 0.5) is 0 Å². The number of furan rings is 1. The summed E-state index contributed by atoms with van der Waals surface area (Å²) < 4.78 is 11.6. The molecule has 1 saturated heterocycles. The van der Waals surface area contributed by atoms with Gasteiger partial charge in [0.05, 0.1) is 25.0 Å². The molecule has 28 heavy (non-hydrogen) atoms. The molecular formula is C21H33N5O2. The van der Waals surface area contributed by atoms with Gasteiger partial charge in [-0.2, -0.15) is 0 Å². The van der Waals surface area contributed by atoms with Crippen LogP contribution >= 0.6 is 0 Å². The number of rotatable bonds is 6. The number of aromatic nitrogens is 1. The third-order valence-electron chi connectivity index (χ3n) is 5.09. The molecule has 0 saturated carbocycles. The van der Waals surface area contributed by atoms with Crippen LogP contribution in [0.2, 0.25) is 0 Å². The second kappa shape index (κ2) is 9.28.